The van der Waals surface area contributed by atoms with Crippen molar-refractivity contribution in [1.82, 2.24) is 5.32 Å². The zero-order valence-corrected chi connectivity index (χ0v) is 10.9. The molecule has 0 unspecified atom stereocenters. The maximum Gasteiger partial charge on any atom is 0.313 e. The first-order chi connectivity index (χ1) is 10.1. The lowest BCUT2D eigenvalue weighted by molar-refractivity contribution is -0.136. The monoisotopic (exact) mass is 290 g/mol. The lowest BCUT2D eigenvalue weighted by atomic mass is 10.2. The van der Waals surface area contributed by atoms with E-state index in [1.54, 1.807) is 12.1 Å². The number of rotatable bonds is 3. The summed E-state index contributed by atoms with van der Waals surface area (Å²) in [7, 11) is 0. The molecule has 6 heteroatoms. The molecule has 2 rings (SSSR count). The van der Waals surface area contributed by atoms with Gasteiger partial charge in [-0.2, -0.15) is 0 Å². The van der Waals surface area contributed by atoms with Gasteiger partial charge in [0, 0.05) is 18.3 Å². The number of nitrogens with one attached hydrogen (secondary N) is 2. The van der Waals surface area contributed by atoms with Crippen molar-refractivity contribution in [3.63, 3.8) is 0 Å². The summed E-state index contributed by atoms with van der Waals surface area (Å²) in [5.41, 5.74) is 0.847. The van der Waals surface area contributed by atoms with Gasteiger partial charge in [-0.15, -0.1) is 0 Å². The second kappa shape index (κ2) is 6.60. The van der Waals surface area contributed by atoms with Gasteiger partial charge in [-0.3, -0.25) is 9.59 Å². The number of hydrogen-bond acceptors (Lipinski definition) is 2. The van der Waals surface area contributed by atoms with Crippen LogP contribution in [-0.2, 0) is 16.1 Å². The summed E-state index contributed by atoms with van der Waals surface area (Å²) in [4.78, 5) is 23.2. The standard InChI is InChI=1S/C15H12F2N2O2/c16-12-7-6-11(8-13(12)17)19-15(21)14(20)18-9-10-4-2-1-3-5-10/h1-8H,9H2,(H,18,20)(H,19,21). The van der Waals surface area contributed by atoms with Crippen LogP contribution < -0.4 is 10.6 Å². The Bertz CT molecular complexity index is 660. The second-order valence-electron chi connectivity index (χ2n) is 4.25. The van der Waals surface area contributed by atoms with Gasteiger partial charge in [0.1, 0.15) is 0 Å². The highest BCUT2D eigenvalue weighted by molar-refractivity contribution is 6.39. The fraction of sp³-hybridized carbons (Fsp3) is 0.0667. The highest BCUT2D eigenvalue weighted by Crippen LogP contribution is 2.12. The Hall–Kier alpha value is -2.76. The Labute approximate surface area is 119 Å². The zero-order valence-electron chi connectivity index (χ0n) is 10.9. The molecule has 0 bridgehead atoms. The molecule has 2 aromatic rings. The van der Waals surface area contributed by atoms with E-state index in [-0.39, 0.29) is 12.2 Å². The average molecular weight is 290 g/mol. The molecule has 0 aromatic heterocycles. The number of benzene rings is 2. The van der Waals surface area contributed by atoms with Crippen LogP contribution in [0.5, 0.6) is 0 Å². The van der Waals surface area contributed by atoms with Gasteiger partial charge in [-0.25, -0.2) is 8.78 Å². The van der Waals surface area contributed by atoms with Gasteiger partial charge in [0.15, 0.2) is 11.6 Å². The van der Waals surface area contributed by atoms with Crippen LogP contribution in [0.15, 0.2) is 48.5 Å². The second-order valence-corrected chi connectivity index (χ2v) is 4.25. The zero-order chi connectivity index (χ0) is 15.2. The summed E-state index contributed by atoms with van der Waals surface area (Å²) in [5.74, 6) is -3.93. The van der Waals surface area contributed by atoms with Crippen molar-refractivity contribution in [2.45, 2.75) is 6.54 Å². The summed E-state index contributed by atoms with van der Waals surface area (Å²) in [5, 5.41) is 4.61. The average Bonchev–Trinajstić information content (AvgIpc) is 2.49. The Morgan fingerprint density at radius 2 is 1.62 bits per heavy atom. The van der Waals surface area contributed by atoms with Crippen molar-refractivity contribution in [3.05, 3.63) is 65.7 Å². The maximum atomic E-state index is 13.0. The minimum absolute atomic E-state index is 0.00811. The van der Waals surface area contributed by atoms with Crippen molar-refractivity contribution in [2.24, 2.45) is 0 Å². The topological polar surface area (TPSA) is 58.2 Å². The number of halogens is 2. The van der Waals surface area contributed by atoms with E-state index < -0.39 is 23.4 Å². The third-order valence-corrected chi connectivity index (χ3v) is 2.68. The van der Waals surface area contributed by atoms with Gasteiger partial charge in [0.2, 0.25) is 0 Å². The molecule has 108 valence electrons. The molecule has 0 aliphatic heterocycles. The predicted octanol–water partition coefficient (Wildman–Crippen LogP) is 2.22. The van der Waals surface area contributed by atoms with Crippen molar-refractivity contribution < 1.29 is 18.4 Å². The molecule has 0 spiro atoms. The highest BCUT2D eigenvalue weighted by atomic mass is 19.2. The molecule has 0 saturated heterocycles. The maximum absolute atomic E-state index is 13.0. The van der Waals surface area contributed by atoms with E-state index in [9.17, 15) is 18.4 Å². The van der Waals surface area contributed by atoms with Crippen LogP contribution in [0.3, 0.4) is 0 Å². The number of anilines is 1. The number of carbonyl (C=O) groups excluding carboxylic acids is 2. The molecule has 0 atom stereocenters. The van der Waals surface area contributed by atoms with Crippen molar-refractivity contribution >= 4 is 17.5 Å². The molecule has 21 heavy (non-hydrogen) atoms. The molecule has 0 radical (unpaired) electrons. The molecule has 0 saturated carbocycles. The first-order valence-electron chi connectivity index (χ1n) is 6.14. The summed E-state index contributed by atoms with van der Waals surface area (Å²) in [6.45, 7) is 0.199. The normalized spacial score (nSPS) is 10.0. The van der Waals surface area contributed by atoms with Gasteiger partial charge in [0.05, 0.1) is 0 Å². The third-order valence-electron chi connectivity index (χ3n) is 2.68. The molecule has 2 N–H and O–H groups in total. The lowest BCUT2D eigenvalue weighted by Gasteiger charge is -2.07. The van der Waals surface area contributed by atoms with E-state index in [2.05, 4.69) is 10.6 Å². The number of carbonyl (C=O) groups is 2. The van der Waals surface area contributed by atoms with Gasteiger partial charge >= 0.3 is 11.8 Å². The van der Waals surface area contributed by atoms with E-state index in [1.165, 1.54) is 6.07 Å². The molecule has 0 aliphatic rings. The first-order valence-corrected chi connectivity index (χ1v) is 6.14. The Morgan fingerprint density at radius 1 is 0.905 bits per heavy atom. The minimum atomic E-state index is -1.10. The molecule has 4 nitrogen and oxygen atoms in total. The highest BCUT2D eigenvalue weighted by Gasteiger charge is 2.14. The Kier molecular flexibility index (Phi) is 4.61. The Morgan fingerprint density at radius 3 is 2.29 bits per heavy atom. The Balaban J connectivity index is 1.90. The molecular weight excluding hydrogens is 278 g/mol. The SMILES string of the molecule is O=C(NCc1ccccc1)C(=O)Nc1ccc(F)c(F)c1. The van der Waals surface area contributed by atoms with Crippen molar-refractivity contribution in [2.75, 3.05) is 5.32 Å². The summed E-state index contributed by atoms with van der Waals surface area (Å²) >= 11 is 0. The number of amides is 2. The minimum Gasteiger partial charge on any atom is -0.344 e. The molecule has 0 aliphatic carbocycles. The van der Waals surface area contributed by atoms with Gasteiger partial charge in [-0.1, -0.05) is 30.3 Å². The molecule has 2 amide bonds. The molecule has 0 fully saturated rings. The summed E-state index contributed by atoms with van der Waals surface area (Å²) in [6, 6.07) is 11.9. The first kappa shape index (κ1) is 14.6. The molecule has 2 aromatic carbocycles. The van der Waals surface area contributed by atoms with Crippen LogP contribution in [0, 0.1) is 11.6 Å². The van der Waals surface area contributed by atoms with E-state index in [0.29, 0.717) is 0 Å². The van der Waals surface area contributed by atoms with E-state index in [4.69, 9.17) is 0 Å². The largest absolute Gasteiger partial charge is 0.344 e. The van der Waals surface area contributed by atoms with Crippen LogP contribution in [0.2, 0.25) is 0 Å². The van der Waals surface area contributed by atoms with E-state index in [0.717, 1.165) is 17.7 Å². The quantitative estimate of drug-likeness (QED) is 0.852. The summed E-state index contributed by atoms with van der Waals surface area (Å²) < 4.78 is 25.7. The van der Waals surface area contributed by atoms with Crippen LogP contribution in [-0.4, -0.2) is 11.8 Å². The van der Waals surface area contributed by atoms with Gasteiger partial charge in [-0.05, 0) is 17.7 Å². The van der Waals surface area contributed by atoms with Crippen molar-refractivity contribution in [1.29, 1.82) is 0 Å². The number of hydrogen-bond donors (Lipinski definition) is 2. The lowest BCUT2D eigenvalue weighted by Crippen LogP contribution is -2.34. The van der Waals surface area contributed by atoms with Crippen molar-refractivity contribution in [3.8, 4) is 0 Å². The smallest absolute Gasteiger partial charge is 0.313 e. The van der Waals surface area contributed by atoms with E-state index in [1.807, 2.05) is 18.2 Å². The predicted molar refractivity (Wildman–Crippen MR) is 73.3 cm³/mol. The van der Waals surface area contributed by atoms with Gasteiger partial charge < -0.3 is 10.6 Å². The van der Waals surface area contributed by atoms with Crippen LogP contribution in [0.1, 0.15) is 5.56 Å². The fourth-order valence-corrected chi connectivity index (χ4v) is 1.62. The van der Waals surface area contributed by atoms with Crippen LogP contribution in [0.25, 0.3) is 0 Å². The summed E-state index contributed by atoms with van der Waals surface area (Å²) in [6.07, 6.45) is 0. The third kappa shape index (κ3) is 4.10. The van der Waals surface area contributed by atoms with Crippen LogP contribution in [0.4, 0.5) is 14.5 Å². The van der Waals surface area contributed by atoms with Crippen LogP contribution >= 0.6 is 0 Å². The van der Waals surface area contributed by atoms with Gasteiger partial charge in [0.25, 0.3) is 0 Å². The molecule has 0 heterocycles. The fourth-order valence-electron chi connectivity index (χ4n) is 1.62. The van der Waals surface area contributed by atoms with E-state index >= 15 is 0 Å². The molecular formula is C15H12F2N2O2.